The lowest BCUT2D eigenvalue weighted by Crippen LogP contribution is -2.31. The number of carbonyl (C=O) groups excluding carboxylic acids is 2. The van der Waals surface area contributed by atoms with Gasteiger partial charge in [-0.25, -0.2) is 0 Å². The lowest BCUT2D eigenvalue weighted by molar-refractivity contribution is -0.117. The average Bonchev–Trinajstić information content (AvgIpc) is 3.46. The molecule has 1 aliphatic rings. The van der Waals surface area contributed by atoms with E-state index in [0.717, 1.165) is 16.6 Å². The molecule has 7 heteroatoms. The van der Waals surface area contributed by atoms with Crippen molar-refractivity contribution in [3.63, 3.8) is 0 Å². The van der Waals surface area contributed by atoms with Gasteiger partial charge in [0.25, 0.3) is 11.7 Å². The van der Waals surface area contributed by atoms with Crippen molar-refractivity contribution in [2.45, 2.75) is 6.54 Å². The molecular weight excluding hydrogens is 408 g/mol. The number of hydrogen-bond acceptors (Lipinski definition) is 5. The number of ether oxygens (including phenoxy) is 3. The number of fused-ring (bicyclic) bond motifs is 2. The molecule has 0 unspecified atom stereocenters. The van der Waals surface area contributed by atoms with Gasteiger partial charge < -0.3 is 23.9 Å². The summed E-state index contributed by atoms with van der Waals surface area (Å²) in [5.41, 5.74) is 3.45. The number of ketones is 1. The van der Waals surface area contributed by atoms with Gasteiger partial charge in [0.05, 0.1) is 7.11 Å². The van der Waals surface area contributed by atoms with E-state index in [4.69, 9.17) is 14.2 Å². The van der Waals surface area contributed by atoms with Crippen molar-refractivity contribution in [2.75, 3.05) is 13.9 Å². The molecule has 0 saturated heterocycles. The molecular formula is C25H20N2O5. The predicted octanol–water partition coefficient (Wildman–Crippen LogP) is 3.84. The van der Waals surface area contributed by atoms with Crippen LogP contribution in [0.2, 0.25) is 0 Å². The SMILES string of the molecule is COc1ccc(-c2cc3ccccn3c2C(=O)C(=O)NCc2ccc3c(c2)OCO3)cc1. The van der Waals surface area contributed by atoms with Gasteiger partial charge in [0.2, 0.25) is 6.79 Å². The third-order valence-electron chi connectivity index (χ3n) is 5.39. The first-order valence-electron chi connectivity index (χ1n) is 10.1. The number of carbonyl (C=O) groups is 2. The number of amides is 1. The Morgan fingerprint density at radius 1 is 1.00 bits per heavy atom. The first-order chi connectivity index (χ1) is 15.6. The fourth-order valence-electron chi connectivity index (χ4n) is 3.77. The number of rotatable bonds is 6. The Morgan fingerprint density at radius 2 is 1.81 bits per heavy atom. The summed E-state index contributed by atoms with van der Waals surface area (Å²) in [6.07, 6.45) is 1.78. The Labute approximate surface area is 184 Å². The van der Waals surface area contributed by atoms with E-state index < -0.39 is 11.7 Å². The van der Waals surface area contributed by atoms with E-state index in [1.807, 2.05) is 54.6 Å². The highest BCUT2D eigenvalue weighted by molar-refractivity contribution is 6.43. The highest BCUT2D eigenvalue weighted by Crippen LogP contribution is 2.33. The van der Waals surface area contributed by atoms with Crippen LogP contribution < -0.4 is 19.5 Å². The maximum Gasteiger partial charge on any atom is 0.294 e. The van der Waals surface area contributed by atoms with E-state index >= 15 is 0 Å². The Balaban J connectivity index is 1.43. The molecule has 0 radical (unpaired) electrons. The Bertz CT molecular complexity index is 1320. The molecule has 0 aliphatic carbocycles. The zero-order chi connectivity index (χ0) is 22.1. The molecule has 1 aliphatic heterocycles. The Kier molecular flexibility index (Phi) is 4.99. The summed E-state index contributed by atoms with van der Waals surface area (Å²) >= 11 is 0. The summed E-state index contributed by atoms with van der Waals surface area (Å²) in [4.78, 5) is 26.1. The van der Waals surface area contributed by atoms with E-state index in [0.29, 0.717) is 28.5 Å². The van der Waals surface area contributed by atoms with Gasteiger partial charge in [0.1, 0.15) is 11.4 Å². The minimum absolute atomic E-state index is 0.180. The molecule has 2 aromatic carbocycles. The second kappa shape index (κ2) is 8.11. The lowest BCUT2D eigenvalue weighted by atomic mass is 10.0. The first-order valence-corrected chi connectivity index (χ1v) is 10.1. The zero-order valence-electron chi connectivity index (χ0n) is 17.3. The molecule has 0 spiro atoms. The number of methoxy groups -OCH3 is 1. The minimum Gasteiger partial charge on any atom is -0.497 e. The quantitative estimate of drug-likeness (QED) is 0.373. The number of pyridine rings is 1. The van der Waals surface area contributed by atoms with Crippen molar-refractivity contribution in [1.29, 1.82) is 0 Å². The normalized spacial score (nSPS) is 12.0. The molecule has 0 atom stereocenters. The second-order valence-electron chi connectivity index (χ2n) is 7.33. The highest BCUT2D eigenvalue weighted by Gasteiger charge is 2.25. The molecule has 0 fully saturated rings. The van der Waals surface area contributed by atoms with Crippen LogP contribution in [0.3, 0.4) is 0 Å². The van der Waals surface area contributed by atoms with Gasteiger partial charge >= 0.3 is 0 Å². The first kappa shape index (κ1) is 19.7. The van der Waals surface area contributed by atoms with Gasteiger partial charge in [-0.05, 0) is 53.6 Å². The standard InChI is InChI=1S/C25H20N2O5/c1-30-19-8-6-17(7-9-19)20-13-18-4-2-3-11-27(18)23(20)24(28)25(29)26-14-16-5-10-21-22(12-16)32-15-31-21/h2-13H,14-15H2,1H3,(H,26,29). The van der Waals surface area contributed by atoms with Crippen molar-refractivity contribution in [2.24, 2.45) is 0 Å². The van der Waals surface area contributed by atoms with Crippen molar-refractivity contribution in [3.05, 3.63) is 84.2 Å². The molecule has 3 heterocycles. The molecule has 4 aromatic rings. The maximum atomic E-state index is 13.2. The van der Waals surface area contributed by atoms with E-state index in [1.165, 1.54) is 0 Å². The fraction of sp³-hybridized carbons (Fsp3) is 0.120. The lowest BCUT2D eigenvalue weighted by Gasteiger charge is -2.09. The Morgan fingerprint density at radius 3 is 2.62 bits per heavy atom. The van der Waals surface area contributed by atoms with Crippen LogP contribution in [0, 0.1) is 0 Å². The summed E-state index contributed by atoms with van der Waals surface area (Å²) in [6.45, 7) is 0.376. The summed E-state index contributed by atoms with van der Waals surface area (Å²) < 4.78 is 17.6. The molecule has 32 heavy (non-hydrogen) atoms. The van der Waals surface area contributed by atoms with Crippen LogP contribution in [0.1, 0.15) is 16.1 Å². The highest BCUT2D eigenvalue weighted by atomic mass is 16.7. The zero-order valence-corrected chi connectivity index (χ0v) is 17.3. The molecule has 0 bridgehead atoms. The van der Waals surface area contributed by atoms with Crippen molar-refractivity contribution < 1.29 is 23.8 Å². The molecule has 5 rings (SSSR count). The number of hydrogen-bond donors (Lipinski definition) is 1. The van der Waals surface area contributed by atoms with Gasteiger partial charge in [0, 0.05) is 23.8 Å². The fourth-order valence-corrected chi connectivity index (χ4v) is 3.77. The van der Waals surface area contributed by atoms with Crippen molar-refractivity contribution in [3.8, 4) is 28.4 Å². The monoisotopic (exact) mass is 428 g/mol. The van der Waals surface area contributed by atoms with E-state index in [1.54, 1.807) is 29.8 Å². The van der Waals surface area contributed by atoms with Crippen LogP contribution in [-0.4, -0.2) is 30.0 Å². The summed E-state index contributed by atoms with van der Waals surface area (Å²) in [5, 5.41) is 2.72. The number of nitrogens with one attached hydrogen (secondary N) is 1. The smallest absolute Gasteiger partial charge is 0.294 e. The van der Waals surface area contributed by atoms with Crippen LogP contribution in [-0.2, 0) is 11.3 Å². The minimum atomic E-state index is -0.679. The molecule has 160 valence electrons. The number of Topliss-reactive ketones (excluding diaryl/α,β-unsaturated/α-hetero) is 1. The number of aromatic nitrogens is 1. The predicted molar refractivity (Wildman–Crippen MR) is 118 cm³/mol. The third-order valence-corrected chi connectivity index (χ3v) is 5.39. The van der Waals surface area contributed by atoms with Crippen molar-refractivity contribution >= 4 is 17.2 Å². The van der Waals surface area contributed by atoms with Crippen LogP contribution in [0.25, 0.3) is 16.6 Å². The molecule has 2 aromatic heterocycles. The Hall–Kier alpha value is -4.26. The third kappa shape index (κ3) is 3.54. The number of nitrogens with zero attached hydrogens (tertiary/aromatic N) is 1. The number of benzene rings is 2. The maximum absolute atomic E-state index is 13.2. The summed E-state index contributed by atoms with van der Waals surface area (Å²) in [5.74, 6) is 0.721. The van der Waals surface area contributed by atoms with Crippen molar-refractivity contribution in [1.82, 2.24) is 9.72 Å². The molecule has 0 saturated carbocycles. The largest absolute Gasteiger partial charge is 0.497 e. The molecule has 1 N–H and O–H groups in total. The summed E-state index contributed by atoms with van der Waals surface area (Å²) in [6, 6.07) is 20.3. The average molecular weight is 428 g/mol. The molecule has 1 amide bonds. The van der Waals surface area contributed by atoms with Gasteiger partial charge in [0.15, 0.2) is 11.5 Å². The van der Waals surface area contributed by atoms with E-state index in [9.17, 15) is 9.59 Å². The summed E-state index contributed by atoms with van der Waals surface area (Å²) in [7, 11) is 1.60. The van der Waals surface area contributed by atoms with Gasteiger partial charge in [-0.2, -0.15) is 0 Å². The van der Waals surface area contributed by atoms with Crippen LogP contribution >= 0.6 is 0 Å². The van der Waals surface area contributed by atoms with E-state index in [2.05, 4.69) is 5.32 Å². The van der Waals surface area contributed by atoms with E-state index in [-0.39, 0.29) is 13.3 Å². The van der Waals surface area contributed by atoms with Gasteiger partial charge in [-0.1, -0.05) is 24.3 Å². The topological polar surface area (TPSA) is 78.3 Å². The van der Waals surface area contributed by atoms with Crippen LogP contribution in [0.4, 0.5) is 0 Å². The molecule has 7 nitrogen and oxygen atoms in total. The van der Waals surface area contributed by atoms with Gasteiger partial charge in [-0.15, -0.1) is 0 Å². The van der Waals surface area contributed by atoms with Crippen LogP contribution in [0.5, 0.6) is 17.2 Å². The van der Waals surface area contributed by atoms with Crippen LogP contribution in [0.15, 0.2) is 72.9 Å². The van der Waals surface area contributed by atoms with Gasteiger partial charge in [-0.3, -0.25) is 9.59 Å². The second-order valence-corrected chi connectivity index (χ2v) is 7.33.